The number of esters is 2. The summed E-state index contributed by atoms with van der Waals surface area (Å²) in [4.78, 5) is 21.6. The minimum absolute atomic E-state index is 0.572. The number of hydrogen-bond acceptors (Lipinski definition) is 5. The van der Waals surface area contributed by atoms with Crippen LogP contribution in [0, 0.1) is 11.8 Å². The molecular formula is C12H18F2O5. The second kappa shape index (κ2) is 5.81. The van der Waals surface area contributed by atoms with E-state index in [1.54, 1.807) is 0 Å². The summed E-state index contributed by atoms with van der Waals surface area (Å²) < 4.78 is 42.5. The van der Waals surface area contributed by atoms with Crippen LogP contribution in [0.1, 0.15) is 27.7 Å². The first kappa shape index (κ1) is 15.8. The number of halogens is 2. The molecule has 0 saturated carbocycles. The van der Waals surface area contributed by atoms with E-state index in [1.807, 2.05) is 0 Å². The minimum Gasteiger partial charge on any atom is -0.463 e. The third-order valence-electron chi connectivity index (χ3n) is 3.27. The fourth-order valence-electron chi connectivity index (χ4n) is 1.90. The van der Waals surface area contributed by atoms with Crippen LogP contribution in [-0.2, 0) is 23.8 Å². The second-order valence-electron chi connectivity index (χ2n) is 4.73. The van der Waals surface area contributed by atoms with Crippen LogP contribution < -0.4 is 0 Å². The van der Waals surface area contributed by atoms with Gasteiger partial charge in [-0.25, -0.2) is 8.78 Å². The van der Waals surface area contributed by atoms with Crippen molar-refractivity contribution in [1.82, 2.24) is 0 Å². The van der Waals surface area contributed by atoms with Crippen LogP contribution in [0.15, 0.2) is 0 Å². The molecule has 0 aromatic carbocycles. The monoisotopic (exact) mass is 280 g/mol. The molecule has 19 heavy (non-hydrogen) atoms. The van der Waals surface area contributed by atoms with E-state index in [0.29, 0.717) is 0 Å². The molecule has 7 heteroatoms. The van der Waals surface area contributed by atoms with Crippen molar-refractivity contribution in [3.63, 3.8) is 0 Å². The molecule has 0 aromatic heterocycles. The van der Waals surface area contributed by atoms with Gasteiger partial charge in [0.15, 0.2) is 6.10 Å². The molecule has 0 spiro atoms. The summed E-state index contributed by atoms with van der Waals surface area (Å²) in [5, 5.41) is 0. The lowest BCUT2D eigenvalue weighted by molar-refractivity contribution is -0.307. The number of ether oxygens (including phenoxy) is 3. The maximum Gasteiger partial charge on any atom is 0.304 e. The van der Waals surface area contributed by atoms with Crippen LogP contribution in [0.3, 0.4) is 0 Å². The molecule has 2 unspecified atom stereocenters. The Morgan fingerprint density at radius 1 is 1.21 bits per heavy atom. The van der Waals surface area contributed by atoms with Crippen LogP contribution in [0.2, 0.25) is 0 Å². The first-order chi connectivity index (χ1) is 8.66. The van der Waals surface area contributed by atoms with Gasteiger partial charge in [0.25, 0.3) is 5.92 Å². The summed E-state index contributed by atoms with van der Waals surface area (Å²) in [6.07, 6.45) is -2.68. The van der Waals surface area contributed by atoms with Gasteiger partial charge >= 0.3 is 11.9 Å². The van der Waals surface area contributed by atoms with Gasteiger partial charge in [-0.2, -0.15) is 0 Å². The molecule has 5 nitrogen and oxygen atoms in total. The zero-order valence-electron chi connectivity index (χ0n) is 11.3. The Morgan fingerprint density at radius 2 is 1.79 bits per heavy atom. The van der Waals surface area contributed by atoms with Gasteiger partial charge in [-0.1, -0.05) is 13.8 Å². The van der Waals surface area contributed by atoms with Gasteiger partial charge in [-0.3, -0.25) is 9.59 Å². The standard InChI is InChI=1S/C12H18F2O5/c1-6-7(2)12(13,14)10(5-17-8(3)15)19-11(6)18-9(4)16/h6-7,10-11H,5H2,1-4H3/t6?,7-,10?,11+/m1/s1. The van der Waals surface area contributed by atoms with E-state index in [9.17, 15) is 18.4 Å². The lowest BCUT2D eigenvalue weighted by Gasteiger charge is -2.43. The van der Waals surface area contributed by atoms with E-state index >= 15 is 0 Å². The number of rotatable bonds is 3. The summed E-state index contributed by atoms with van der Waals surface area (Å²) >= 11 is 0. The van der Waals surface area contributed by atoms with Gasteiger partial charge in [0.2, 0.25) is 6.29 Å². The van der Waals surface area contributed by atoms with E-state index in [2.05, 4.69) is 4.74 Å². The van der Waals surface area contributed by atoms with Crippen molar-refractivity contribution >= 4 is 11.9 Å². The molecule has 1 aliphatic heterocycles. The van der Waals surface area contributed by atoms with Crippen molar-refractivity contribution in [3.8, 4) is 0 Å². The van der Waals surface area contributed by atoms with Gasteiger partial charge in [0, 0.05) is 25.7 Å². The molecule has 1 fully saturated rings. The highest BCUT2D eigenvalue weighted by Crippen LogP contribution is 2.42. The summed E-state index contributed by atoms with van der Waals surface area (Å²) in [5.41, 5.74) is 0. The van der Waals surface area contributed by atoms with E-state index in [4.69, 9.17) is 9.47 Å². The lowest BCUT2D eigenvalue weighted by atomic mass is 9.84. The summed E-state index contributed by atoms with van der Waals surface area (Å²) in [6.45, 7) is 4.60. The highest BCUT2D eigenvalue weighted by Gasteiger charge is 2.55. The normalized spacial score (nSPS) is 33.6. The highest BCUT2D eigenvalue weighted by molar-refractivity contribution is 5.66. The maximum absolute atomic E-state index is 14.0. The van der Waals surface area contributed by atoms with E-state index in [-0.39, 0.29) is 0 Å². The molecule has 4 atom stereocenters. The highest BCUT2D eigenvalue weighted by atomic mass is 19.3. The van der Waals surface area contributed by atoms with Crippen molar-refractivity contribution in [1.29, 1.82) is 0 Å². The molecule has 110 valence electrons. The molecular weight excluding hydrogens is 262 g/mol. The predicted molar refractivity (Wildman–Crippen MR) is 60.3 cm³/mol. The van der Waals surface area contributed by atoms with Crippen molar-refractivity contribution < 1.29 is 32.6 Å². The summed E-state index contributed by atoms with van der Waals surface area (Å²) in [6, 6.07) is 0. The van der Waals surface area contributed by atoms with Crippen LogP contribution in [0.4, 0.5) is 8.78 Å². The molecule has 1 rings (SSSR count). The van der Waals surface area contributed by atoms with Crippen LogP contribution >= 0.6 is 0 Å². The molecule has 0 aliphatic carbocycles. The van der Waals surface area contributed by atoms with Gasteiger partial charge in [0.1, 0.15) is 6.61 Å². The molecule has 0 bridgehead atoms. The van der Waals surface area contributed by atoms with E-state index in [0.717, 1.165) is 6.92 Å². The van der Waals surface area contributed by atoms with Crippen LogP contribution in [0.5, 0.6) is 0 Å². The molecule has 1 saturated heterocycles. The van der Waals surface area contributed by atoms with Gasteiger partial charge in [-0.15, -0.1) is 0 Å². The smallest absolute Gasteiger partial charge is 0.304 e. The molecule has 0 N–H and O–H groups in total. The van der Waals surface area contributed by atoms with Crippen LogP contribution in [0.25, 0.3) is 0 Å². The SMILES string of the molecule is CC(=O)OCC1O[C@H](OC(C)=O)C(C)[C@@H](C)C1(F)F. The van der Waals surface area contributed by atoms with Gasteiger partial charge < -0.3 is 14.2 Å². The number of hydrogen-bond donors (Lipinski definition) is 0. The second-order valence-corrected chi connectivity index (χ2v) is 4.73. The fraction of sp³-hybridized carbons (Fsp3) is 0.833. The molecule has 1 aliphatic rings. The number of carbonyl (C=O) groups is 2. The topological polar surface area (TPSA) is 61.8 Å². The quantitative estimate of drug-likeness (QED) is 0.737. The Balaban J connectivity index is 2.82. The molecule has 0 radical (unpaired) electrons. The van der Waals surface area contributed by atoms with E-state index in [1.165, 1.54) is 20.8 Å². The predicted octanol–water partition coefficient (Wildman–Crippen LogP) is 1.74. The summed E-state index contributed by atoms with van der Waals surface area (Å²) in [7, 11) is 0. The minimum atomic E-state index is -3.16. The summed E-state index contributed by atoms with van der Waals surface area (Å²) in [5.74, 6) is -6.17. The average molecular weight is 280 g/mol. The van der Waals surface area contributed by atoms with Gasteiger partial charge in [0.05, 0.1) is 0 Å². The number of alkyl halides is 2. The Morgan fingerprint density at radius 3 is 2.26 bits per heavy atom. The molecule has 0 aromatic rings. The first-order valence-corrected chi connectivity index (χ1v) is 6.00. The Labute approximate surface area is 110 Å². The molecule has 1 heterocycles. The third kappa shape index (κ3) is 3.62. The Bertz CT molecular complexity index is 358. The largest absolute Gasteiger partial charge is 0.463 e. The third-order valence-corrected chi connectivity index (χ3v) is 3.27. The van der Waals surface area contributed by atoms with Crippen molar-refractivity contribution in [2.24, 2.45) is 11.8 Å². The molecule has 0 amide bonds. The first-order valence-electron chi connectivity index (χ1n) is 6.00. The Kier molecular flexibility index (Phi) is 4.84. The zero-order valence-corrected chi connectivity index (χ0v) is 11.3. The van der Waals surface area contributed by atoms with Crippen LogP contribution in [-0.4, -0.2) is 36.9 Å². The van der Waals surface area contributed by atoms with Crippen molar-refractivity contribution in [2.75, 3.05) is 6.61 Å². The zero-order chi connectivity index (χ0) is 14.8. The van der Waals surface area contributed by atoms with Gasteiger partial charge in [-0.05, 0) is 0 Å². The lowest BCUT2D eigenvalue weighted by Crippen LogP contribution is -2.56. The van der Waals surface area contributed by atoms with Crippen molar-refractivity contribution in [3.05, 3.63) is 0 Å². The van der Waals surface area contributed by atoms with E-state index < -0.39 is 48.7 Å². The maximum atomic E-state index is 14.0. The number of carbonyl (C=O) groups excluding carboxylic acids is 2. The average Bonchev–Trinajstić information content (AvgIpc) is 2.28. The van der Waals surface area contributed by atoms with Crippen molar-refractivity contribution in [2.45, 2.75) is 46.0 Å². The Hall–Kier alpha value is -1.24. The fourth-order valence-corrected chi connectivity index (χ4v) is 1.90.